The van der Waals surface area contributed by atoms with Crippen LogP contribution in [0.1, 0.15) is 32.2 Å². The lowest BCUT2D eigenvalue weighted by molar-refractivity contribution is -0.142. The van der Waals surface area contributed by atoms with Gasteiger partial charge in [0.1, 0.15) is 5.76 Å². The number of oxazole rings is 1. The van der Waals surface area contributed by atoms with Gasteiger partial charge < -0.3 is 4.42 Å². The van der Waals surface area contributed by atoms with Crippen molar-refractivity contribution in [1.29, 1.82) is 0 Å². The lowest BCUT2D eigenvalue weighted by Crippen LogP contribution is -2.18. The molecule has 0 atom stereocenters. The predicted molar refractivity (Wildman–Crippen MR) is 40.2 cm³/mol. The van der Waals surface area contributed by atoms with Gasteiger partial charge in [0.15, 0.2) is 5.69 Å². The summed E-state index contributed by atoms with van der Waals surface area (Å²) in [5, 5.41) is 0. The van der Waals surface area contributed by atoms with Gasteiger partial charge in [0.05, 0.1) is 0 Å². The molecule has 0 aliphatic heterocycles. The lowest BCUT2D eigenvalue weighted by atomic mass is 9.92. The van der Waals surface area contributed by atoms with E-state index in [1.165, 1.54) is 20.8 Å². The van der Waals surface area contributed by atoms with Crippen LogP contribution < -0.4 is 0 Å². The summed E-state index contributed by atoms with van der Waals surface area (Å²) in [5.74, 6) is -0.484. The van der Waals surface area contributed by atoms with Gasteiger partial charge in [-0.3, -0.25) is 0 Å². The van der Waals surface area contributed by atoms with Gasteiger partial charge in [0.25, 0.3) is 0 Å². The van der Waals surface area contributed by atoms with E-state index in [9.17, 15) is 17.6 Å². The molecule has 1 rings (SSSR count). The van der Waals surface area contributed by atoms with Crippen LogP contribution in [0.3, 0.4) is 0 Å². The number of rotatable bonds is 0. The van der Waals surface area contributed by atoms with Crippen molar-refractivity contribution in [1.82, 2.24) is 4.98 Å². The fourth-order valence-electron chi connectivity index (χ4n) is 0.994. The summed E-state index contributed by atoms with van der Waals surface area (Å²) < 4.78 is 53.7. The van der Waals surface area contributed by atoms with E-state index in [0.29, 0.717) is 0 Å². The average Bonchev–Trinajstić information content (AvgIpc) is 2.27. The maximum absolute atomic E-state index is 12.5. The number of hydrogen-bond acceptors (Lipinski definition) is 2. The predicted octanol–water partition coefficient (Wildman–Crippen LogP) is 3.13. The molecule has 0 saturated heterocycles. The summed E-state index contributed by atoms with van der Waals surface area (Å²) in [4.78, 5) is 2.69. The summed E-state index contributed by atoms with van der Waals surface area (Å²) in [7, 11) is 0. The fraction of sp³-hybridized carbons (Fsp3) is 0.625. The Bertz CT molecular complexity index is 303. The van der Waals surface area contributed by atoms with Crippen molar-refractivity contribution in [3.8, 4) is 0 Å². The van der Waals surface area contributed by atoms with Gasteiger partial charge in [0.2, 0.25) is 0 Å². The van der Waals surface area contributed by atoms with Gasteiger partial charge in [0, 0.05) is 5.41 Å². The Kier molecular flexibility index (Phi) is 2.33. The number of hydrogen-bond donors (Lipinski definition) is 0. The van der Waals surface area contributed by atoms with E-state index in [2.05, 4.69) is 9.40 Å². The second-order valence-electron chi connectivity index (χ2n) is 3.89. The second-order valence-corrected chi connectivity index (χ2v) is 3.89. The third kappa shape index (κ3) is 2.05. The highest BCUT2D eigenvalue weighted by atomic mass is 19.4. The molecule has 0 amide bonds. The highest BCUT2D eigenvalue weighted by Crippen LogP contribution is 2.37. The summed E-state index contributed by atoms with van der Waals surface area (Å²) in [6, 6.07) is 0. The van der Waals surface area contributed by atoms with Crippen LogP contribution in [0.2, 0.25) is 0 Å². The molecule has 0 unspecified atom stereocenters. The molecule has 0 saturated carbocycles. The van der Waals surface area contributed by atoms with Crippen molar-refractivity contribution in [2.75, 3.05) is 0 Å². The molecule has 80 valence electrons. The summed E-state index contributed by atoms with van der Waals surface area (Å²) >= 11 is 0. The molecule has 0 aliphatic rings. The Morgan fingerprint density at radius 1 is 1.14 bits per heavy atom. The Morgan fingerprint density at radius 2 is 1.64 bits per heavy atom. The normalized spacial score (nSPS) is 13.4. The van der Waals surface area contributed by atoms with Gasteiger partial charge >= 0.3 is 12.3 Å². The Balaban J connectivity index is 3.31. The smallest absolute Gasteiger partial charge is 0.419 e. The van der Waals surface area contributed by atoms with Crippen LogP contribution in [0.15, 0.2) is 4.42 Å². The molecular formula is C8H9F4NO. The molecule has 1 aromatic heterocycles. The van der Waals surface area contributed by atoms with E-state index in [4.69, 9.17) is 0 Å². The largest absolute Gasteiger partial charge is 0.436 e. The molecule has 14 heavy (non-hydrogen) atoms. The van der Waals surface area contributed by atoms with Crippen molar-refractivity contribution in [2.24, 2.45) is 0 Å². The monoisotopic (exact) mass is 211 g/mol. The highest BCUT2D eigenvalue weighted by Gasteiger charge is 2.42. The van der Waals surface area contributed by atoms with Crippen LogP contribution in [-0.4, -0.2) is 4.98 Å². The van der Waals surface area contributed by atoms with Crippen LogP contribution in [0.25, 0.3) is 0 Å². The van der Waals surface area contributed by atoms with Gasteiger partial charge in [-0.1, -0.05) is 20.8 Å². The molecule has 0 fully saturated rings. The zero-order valence-corrected chi connectivity index (χ0v) is 7.87. The zero-order valence-electron chi connectivity index (χ0n) is 7.87. The van der Waals surface area contributed by atoms with Crippen LogP contribution in [0, 0.1) is 6.14 Å². The van der Waals surface area contributed by atoms with E-state index in [0.717, 1.165) is 0 Å². The Hall–Kier alpha value is -1.07. The second kappa shape index (κ2) is 2.96. The van der Waals surface area contributed by atoms with Crippen molar-refractivity contribution >= 4 is 0 Å². The van der Waals surface area contributed by atoms with Crippen molar-refractivity contribution in [3.63, 3.8) is 0 Å². The molecule has 0 aliphatic carbocycles. The summed E-state index contributed by atoms with van der Waals surface area (Å²) in [5.41, 5.74) is -2.22. The third-order valence-corrected chi connectivity index (χ3v) is 1.55. The number of nitrogens with zero attached hydrogens (tertiary/aromatic N) is 1. The molecule has 6 heteroatoms. The van der Waals surface area contributed by atoms with E-state index in [1.807, 2.05) is 0 Å². The number of aromatic nitrogens is 1. The van der Waals surface area contributed by atoms with Gasteiger partial charge in [-0.05, 0) is 0 Å². The minimum absolute atomic E-state index is 0.484. The quantitative estimate of drug-likeness (QED) is 0.616. The van der Waals surface area contributed by atoms with Crippen LogP contribution >= 0.6 is 0 Å². The molecule has 0 N–H and O–H groups in total. The number of alkyl halides is 3. The first-order chi connectivity index (χ1) is 6.12. The molecule has 1 heterocycles. The molecule has 0 spiro atoms. The molecule has 0 bridgehead atoms. The minimum Gasteiger partial charge on any atom is -0.419 e. The summed E-state index contributed by atoms with van der Waals surface area (Å²) in [6.07, 6.45) is -6.14. The lowest BCUT2D eigenvalue weighted by Gasteiger charge is -2.16. The van der Waals surface area contributed by atoms with E-state index in [-0.39, 0.29) is 0 Å². The molecule has 1 aromatic rings. The molecular weight excluding hydrogens is 202 g/mol. The molecule has 0 aromatic carbocycles. The van der Waals surface area contributed by atoms with Crippen LogP contribution in [-0.2, 0) is 11.6 Å². The molecule has 0 radical (unpaired) electrons. The third-order valence-electron chi connectivity index (χ3n) is 1.55. The Morgan fingerprint density at radius 3 is 1.93 bits per heavy atom. The minimum atomic E-state index is -4.68. The van der Waals surface area contributed by atoms with Crippen molar-refractivity contribution < 1.29 is 22.0 Å². The zero-order chi connectivity index (χ0) is 11.1. The fourth-order valence-corrected chi connectivity index (χ4v) is 0.994. The van der Waals surface area contributed by atoms with Crippen molar-refractivity contribution in [3.05, 3.63) is 17.6 Å². The van der Waals surface area contributed by atoms with Gasteiger partial charge in [-0.25, -0.2) is 0 Å². The van der Waals surface area contributed by atoms with Crippen LogP contribution in [0.5, 0.6) is 0 Å². The summed E-state index contributed by atoms with van der Waals surface area (Å²) in [6.45, 7) is 4.46. The first kappa shape index (κ1) is 11.0. The van der Waals surface area contributed by atoms with Crippen molar-refractivity contribution in [2.45, 2.75) is 32.4 Å². The van der Waals surface area contributed by atoms with E-state index in [1.54, 1.807) is 0 Å². The molecule has 2 nitrogen and oxygen atoms in total. The Labute approximate surface area is 77.9 Å². The standard InChI is InChI=1S/C8H9F4NO/c1-7(2,3)5-4(8(10,11)12)13-6(9)14-5/h1-3H3. The van der Waals surface area contributed by atoms with E-state index >= 15 is 0 Å². The first-order valence-corrected chi connectivity index (χ1v) is 3.86. The maximum Gasteiger partial charge on any atom is 0.436 e. The SMILES string of the molecule is CC(C)(C)c1oc(F)nc1C(F)(F)F. The maximum atomic E-state index is 12.5. The average molecular weight is 211 g/mol. The first-order valence-electron chi connectivity index (χ1n) is 3.86. The topological polar surface area (TPSA) is 26.0 Å². The highest BCUT2D eigenvalue weighted by molar-refractivity contribution is 5.19. The van der Waals surface area contributed by atoms with E-state index < -0.39 is 29.2 Å². The number of halogens is 4. The van der Waals surface area contributed by atoms with Gasteiger partial charge in [-0.2, -0.15) is 18.2 Å². The van der Waals surface area contributed by atoms with Gasteiger partial charge in [-0.15, -0.1) is 4.39 Å². The van der Waals surface area contributed by atoms with Crippen LogP contribution in [0.4, 0.5) is 17.6 Å².